The molecule has 1 aliphatic rings. The summed E-state index contributed by atoms with van der Waals surface area (Å²) in [6.07, 6.45) is 3.62. The minimum Gasteiger partial charge on any atom is -0.463 e. The molecule has 0 saturated carbocycles. The number of benzene rings is 3. The summed E-state index contributed by atoms with van der Waals surface area (Å²) in [4.78, 5) is 44.7. The summed E-state index contributed by atoms with van der Waals surface area (Å²) in [5.74, 6) is 0.338. The van der Waals surface area contributed by atoms with E-state index in [2.05, 4.69) is 15.9 Å². The van der Waals surface area contributed by atoms with Crippen molar-refractivity contribution in [3.8, 4) is 11.3 Å². The fraction of sp³-hybridized carbons (Fsp3) is 0.121. The number of fused-ring (bicyclic) bond motifs is 1. The number of furan rings is 1. The molecule has 0 fully saturated rings. The zero-order valence-corrected chi connectivity index (χ0v) is 27.1. The number of rotatable bonds is 8. The fourth-order valence-electron chi connectivity index (χ4n) is 5.06. The van der Waals surface area contributed by atoms with Gasteiger partial charge in [-0.05, 0) is 65.0 Å². The van der Waals surface area contributed by atoms with Crippen molar-refractivity contribution in [2.75, 3.05) is 12.9 Å². The molecule has 0 aliphatic carbocycles. The third-order valence-corrected chi connectivity index (χ3v) is 9.52. The maximum Gasteiger partial charge on any atom is 0.338 e. The van der Waals surface area contributed by atoms with Gasteiger partial charge in [0.05, 0.1) is 33.4 Å². The minimum absolute atomic E-state index is 0.0479. The largest absolute Gasteiger partial charge is 0.463 e. The predicted octanol–water partition coefficient (Wildman–Crippen LogP) is 6.59. The zero-order chi connectivity index (χ0) is 31.7. The van der Waals surface area contributed by atoms with Crippen molar-refractivity contribution in [2.45, 2.75) is 17.9 Å². The third kappa shape index (κ3) is 5.96. The molecule has 3 heterocycles. The highest BCUT2D eigenvalue weighted by atomic mass is 79.9. The van der Waals surface area contributed by atoms with Gasteiger partial charge in [-0.2, -0.15) is 0 Å². The van der Waals surface area contributed by atoms with Crippen LogP contribution in [0.15, 0.2) is 114 Å². The Balaban J connectivity index is 1.52. The SMILES string of the molecule is CCOC(=O)C1=C(c2ccccc2)N=c2sc(=Cc3ccc(-c4ccc([N+](=O)[O-])cc4Br)o3)c(=O)n2C1c1ccc(SC)cc1. The zero-order valence-electron chi connectivity index (χ0n) is 23.9. The van der Waals surface area contributed by atoms with Gasteiger partial charge in [0, 0.05) is 38.7 Å². The van der Waals surface area contributed by atoms with E-state index in [0.29, 0.717) is 36.6 Å². The van der Waals surface area contributed by atoms with Crippen molar-refractivity contribution in [2.24, 2.45) is 4.99 Å². The number of nitrogens with zero attached hydrogens (tertiary/aromatic N) is 3. The smallest absolute Gasteiger partial charge is 0.338 e. The molecule has 0 radical (unpaired) electrons. The first kappa shape index (κ1) is 30.5. The molecule has 3 aromatic carbocycles. The Kier molecular flexibility index (Phi) is 8.70. The molecule has 0 saturated heterocycles. The lowest BCUT2D eigenvalue weighted by atomic mass is 9.93. The lowest BCUT2D eigenvalue weighted by molar-refractivity contribution is -0.384. The van der Waals surface area contributed by atoms with Gasteiger partial charge in [-0.25, -0.2) is 9.79 Å². The second-order valence-corrected chi connectivity index (χ2v) is 12.6. The van der Waals surface area contributed by atoms with Crippen LogP contribution in [0.25, 0.3) is 23.1 Å². The van der Waals surface area contributed by atoms with Crippen LogP contribution in [0.2, 0.25) is 0 Å². The van der Waals surface area contributed by atoms with Crippen LogP contribution in [0.5, 0.6) is 0 Å². The van der Waals surface area contributed by atoms with Crippen molar-refractivity contribution in [1.82, 2.24) is 4.57 Å². The second-order valence-electron chi connectivity index (χ2n) is 9.83. The van der Waals surface area contributed by atoms with Gasteiger partial charge in [0.25, 0.3) is 11.2 Å². The minimum atomic E-state index is -0.781. The monoisotopic (exact) mass is 701 g/mol. The lowest BCUT2D eigenvalue weighted by Crippen LogP contribution is -2.40. The van der Waals surface area contributed by atoms with Crippen molar-refractivity contribution >= 4 is 62.5 Å². The summed E-state index contributed by atoms with van der Waals surface area (Å²) in [5, 5.41) is 11.1. The average molecular weight is 703 g/mol. The van der Waals surface area contributed by atoms with Gasteiger partial charge >= 0.3 is 5.97 Å². The normalized spacial score (nSPS) is 14.6. The Labute approximate surface area is 273 Å². The molecule has 0 amide bonds. The molecular formula is C33H24BrN3O6S2. The van der Waals surface area contributed by atoms with Gasteiger partial charge in [-0.15, -0.1) is 11.8 Å². The number of aromatic nitrogens is 1. The number of carbonyl (C=O) groups excluding carboxylic acids is 1. The Morgan fingerprint density at radius 3 is 2.56 bits per heavy atom. The van der Waals surface area contributed by atoms with Gasteiger partial charge in [-0.1, -0.05) is 53.8 Å². The topological polar surface area (TPSA) is 117 Å². The molecule has 9 nitrogen and oxygen atoms in total. The number of nitro benzene ring substituents is 1. The molecular weight excluding hydrogens is 678 g/mol. The summed E-state index contributed by atoms with van der Waals surface area (Å²) >= 11 is 6.18. The number of thiazole rings is 1. The van der Waals surface area contributed by atoms with E-state index in [0.717, 1.165) is 16.0 Å². The predicted molar refractivity (Wildman–Crippen MR) is 178 cm³/mol. The molecule has 0 bridgehead atoms. The summed E-state index contributed by atoms with van der Waals surface area (Å²) in [6, 6.07) is 24.2. The highest BCUT2D eigenvalue weighted by Crippen LogP contribution is 2.36. The van der Waals surface area contributed by atoms with Gasteiger partial charge in [0.1, 0.15) is 11.5 Å². The van der Waals surface area contributed by atoms with Crippen LogP contribution >= 0.6 is 39.0 Å². The van der Waals surface area contributed by atoms with Crippen LogP contribution < -0.4 is 14.9 Å². The van der Waals surface area contributed by atoms with E-state index in [-0.39, 0.29) is 23.4 Å². The molecule has 12 heteroatoms. The molecule has 0 spiro atoms. The second kappa shape index (κ2) is 12.8. The van der Waals surface area contributed by atoms with E-state index in [1.807, 2.05) is 60.9 Å². The van der Waals surface area contributed by atoms with Crippen molar-refractivity contribution in [3.63, 3.8) is 0 Å². The van der Waals surface area contributed by atoms with Gasteiger partial charge in [-0.3, -0.25) is 19.5 Å². The molecule has 1 aliphatic heterocycles. The number of nitro groups is 1. The van der Waals surface area contributed by atoms with E-state index >= 15 is 0 Å². The Morgan fingerprint density at radius 1 is 1.13 bits per heavy atom. The number of carbonyl (C=O) groups is 1. The highest BCUT2D eigenvalue weighted by Gasteiger charge is 2.35. The van der Waals surface area contributed by atoms with Crippen LogP contribution in [-0.2, 0) is 9.53 Å². The van der Waals surface area contributed by atoms with E-state index in [4.69, 9.17) is 14.1 Å². The van der Waals surface area contributed by atoms with E-state index < -0.39 is 16.9 Å². The molecule has 1 unspecified atom stereocenters. The highest BCUT2D eigenvalue weighted by molar-refractivity contribution is 9.10. The van der Waals surface area contributed by atoms with Crippen LogP contribution in [-0.4, -0.2) is 28.3 Å². The van der Waals surface area contributed by atoms with Gasteiger partial charge < -0.3 is 9.15 Å². The summed E-state index contributed by atoms with van der Waals surface area (Å²) in [5.41, 5.74) is 2.45. The van der Waals surface area contributed by atoms with Crippen LogP contribution in [0.3, 0.4) is 0 Å². The number of ether oxygens (including phenoxy) is 1. The number of non-ortho nitro benzene ring substituents is 1. The van der Waals surface area contributed by atoms with E-state index in [9.17, 15) is 19.7 Å². The number of esters is 1. The standard InChI is InChI=1S/C33H24BrN3O6S2/c1-3-42-32(39)28-29(19-7-5-4-6-8-19)35-33-36(30(28)20-9-13-23(44-2)14-10-20)31(38)27(45-33)18-22-12-16-26(43-22)24-15-11-21(37(40)41)17-25(24)34/h4-18,30H,3H2,1-2H3. The first-order valence-electron chi connectivity index (χ1n) is 13.8. The van der Waals surface area contributed by atoms with Crippen molar-refractivity contribution in [3.05, 3.63) is 142 Å². The Bertz CT molecular complexity index is 2150. The maximum absolute atomic E-state index is 14.1. The Hall–Kier alpha value is -4.52. The maximum atomic E-state index is 14.1. The number of hydrogen-bond donors (Lipinski definition) is 0. The van der Waals surface area contributed by atoms with Gasteiger partial charge in [0.15, 0.2) is 4.80 Å². The van der Waals surface area contributed by atoms with E-state index in [1.54, 1.807) is 47.5 Å². The molecule has 45 heavy (non-hydrogen) atoms. The summed E-state index contributed by atoms with van der Waals surface area (Å²) < 4.78 is 14.0. The van der Waals surface area contributed by atoms with Crippen LogP contribution in [0.1, 0.15) is 29.9 Å². The summed E-state index contributed by atoms with van der Waals surface area (Å²) in [6.45, 7) is 1.91. The van der Waals surface area contributed by atoms with Crippen molar-refractivity contribution in [1.29, 1.82) is 0 Å². The Morgan fingerprint density at radius 2 is 1.89 bits per heavy atom. The molecule has 0 N–H and O–H groups in total. The van der Waals surface area contributed by atoms with E-state index in [1.165, 1.54) is 23.5 Å². The summed E-state index contributed by atoms with van der Waals surface area (Å²) in [7, 11) is 0. The molecule has 2 aromatic heterocycles. The lowest BCUT2D eigenvalue weighted by Gasteiger charge is -2.26. The number of thioether (sulfide) groups is 1. The molecule has 6 rings (SSSR count). The fourth-order valence-corrected chi connectivity index (χ4v) is 7.02. The first-order chi connectivity index (χ1) is 21.8. The van der Waals surface area contributed by atoms with Crippen LogP contribution in [0, 0.1) is 10.1 Å². The van der Waals surface area contributed by atoms with Crippen LogP contribution in [0.4, 0.5) is 5.69 Å². The third-order valence-electron chi connectivity index (χ3n) is 7.13. The molecule has 5 aromatic rings. The number of halogens is 1. The van der Waals surface area contributed by atoms with Gasteiger partial charge in [0.2, 0.25) is 0 Å². The molecule has 1 atom stereocenters. The quantitative estimate of drug-likeness (QED) is 0.0776. The molecule has 226 valence electrons. The van der Waals surface area contributed by atoms with Crippen molar-refractivity contribution < 1.29 is 18.9 Å². The average Bonchev–Trinajstić information content (AvgIpc) is 3.64. The first-order valence-corrected chi connectivity index (χ1v) is 16.6. The number of hydrogen-bond acceptors (Lipinski definition) is 9.